The fourth-order valence-corrected chi connectivity index (χ4v) is 3.56. The first kappa shape index (κ1) is 37.0. The van der Waals surface area contributed by atoms with Gasteiger partial charge in [-0.25, -0.2) is 0 Å². The smallest absolute Gasteiger partial charge is 0.303 e. The summed E-state index contributed by atoms with van der Waals surface area (Å²) in [6.45, 7) is 8.86. The van der Waals surface area contributed by atoms with Gasteiger partial charge < -0.3 is 32.3 Å². The molecule has 3 rings (SSSR count). The molecular formula is C30H47N5O6. The summed E-state index contributed by atoms with van der Waals surface area (Å²) in [5.41, 5.74) is 11.6. The van der Waals surface area contributed by atoms with Crippen LogP contribution in [0, 0.1) is 5.41 Å². The summed E-state index contributed by atoms with van der Waals surface area (Å²) in [7, 11) is 0. The predicted octanol–water partition coefficient (Wildman–Crippen LogP) is 2.69. The molecular weight excluding hydrogens is 526 g/mol. The molecule has 0 spiro atoms. The molecule has 11 heteroatoms. The van der Waals surface area contributed by atoms with Crippen LogP contribution in [0.15, 0.2) is 48.8 Å². The van der Waals surface area contributed by atoms with Gasteiger partial charge in [0, 0.05) is 31.7 Å². The standard InChI is InChI=1S/C17H19N3O3.C8H16O2.C4H9N.CH3NO/c18-17(23)15(10-13-2-1-9-19-11-13)20-16(22)8-5-12-3-6-14(21)7-4-12;1-8(2,3)6-4-5-7(9)10;1-2-4-5-3-1;2-1-3/h1-4,6-7,9,11,15,21H,5,8,10H2,(H2,18,23)(H,20,22);4-6H2,1-3H3,(H,9,10);5H,1-4H2;1H,(H2,2,3). The number of carbonyl (C=O) groups excluding carboxylic acids is 3. The molecule has 1 saturated heterocycles. The van der Waals surface area contributed by atoms with Crippen LogP contribution in [-0.2, 0) is 32.0 Å². The maximum Gasteiger partial charge on any atom is 0.303 e. The number of primary amides is 2. The van der Waals surface area contributed by atoms with Crippen LogP contribution >= 0.6 is 0 Å². The molecule has 1 aromatic heterocycles. The topological polar surface area (TPSA) is 198 Å². The van der Waals surface area contributed by atoms with E-state index in [-0.39, 0.29) is 29.9 Å². The Bertz CT molecular complexity index is 999. The summed E-state index contributed by atoms with van der Waals surface area (Å²) in [4.78, 5) is 46.2. The van der Waals surface area contributed by atoms with Crippen LogP contribution in [0.4, 0.5) is 0 Å². The summed E-state index contributed by atoms with van der Waals surface area (Å²) in [6, 6.07) is 9.48. The summed E-state index contributed by atoms with van der Waals surface area (Å²) >= 11 is 0. The minimum Gasteiger partial charge on any atom is -0.508 e. The Morgan fingerprint density at radius 3 is 2.12 bits per heavy atom. The molecule has 8 N–H and O–H groups in total. The first-order valence-corrected chi connectivity index (χ1v) is 13.7. The highest BCUT2D eigenvalue weighted by atomic mass is 16.4. The van der Waals surface area contributed by atoms with Gasteiger partial charge in [0.15, 0.2) is 0 Å². The van der Waals surface area contributed by atoms with Crippen LogP contribution < -0.4 is 22.1 Å². The molecule has 0 bridgehead atoms. The Kier molecular flexibility index (Phi) is 19.7. The zero-order valence-electron chi connectivity index (χ0n) is 24.5. The van der Waals surface area contributed by atoms with Gasteiger partial charge in [-0.2, -0.15) is 0 Å². The molecule has 1 aromatic carbocycles. The Labute approximate surface area is 243 Å². The van der Waals surface area contributed by atoms with E-state index in [1.807, 2.05) is 6.07 Å². The molecule has 2 heterocycles. The summed E-state index contributed by atoms with van der Waals surface area (Å²) < 4.78 is 0. The summed E-state index contributed by atoms with van der Waals surface area (Å²) in [5.74, 6) is -1.33. The van der Waals surface area contributed by atoms with E-state index in [1.54, 1.807) is 42.7 Å². The molecule has 1 aliphatic heterocycles. The number of benzene rings is 1. The molecule has 11 nitrogen and oxygen atoms in total. The number of carboxylic acid groups (broad SMARTS) is 1. The molecule has 1 atom stereocenters. The lowest BCUT2D eigenvalue weighted by Gasteiger charge is -2.16. The number of pyridine rings is 1. The molecule has 2 aromatic rings. The highest BCUT2D eigenvalue weighted by Gasteiger charge is 2.18. The Morgan fingerprint density at radius 1 is 1.07 bits per heavy atom. The van der Waals surface area contributed by atoms with E-state index in [9.17, 15) is 19.5 Å². The number of nitrogens with zero attached hydrogens (tertiary/aromatic N) is 1. The maximum atomic E-state index is 12.0. The first-order chi connectivity index (χ1) is 19.4. The van der Waals surface area contributed by atoms with Crippen molar-refractivity contribution in [2.75, 3.05) is 13.1 Å². The number of nitrogens with two attached hydrogens (primary N) is 2. The van der Waals surface area contributed by atoms with Crippen molar-refractivity contribution in [3.63, 3.8) is 0 Å². The maximum absolute atomic E-state index is 12.0. The number of carbonyl (C=O) groups is 4. The fraction of sp³-hybridized carbons (Fsp3) is 0.500. The quantitative estimate of drug-likeness (QED) is 0.233. The van der Waals surface area contributed by atoms with Crippen LogP contribution in [0.5, 0.6) is 5.75 Å². The van der Waals surface area contributed by atoms with Crippen molar-refractivity contribution in [2.24, 2.45) is 16.9 Å². The van der Waals surface area contributed by atoms with Gasteiger partial charge in [0.25, 0.3) is 0 Å². The molecule has 228 valence electrons. The van der Waals surface area contributed by atoms with Crippen molar-refractivity contribution in [1.29, 1.82) is 0 Å². The van der Waals surface area contributed by atoms with Crippen LogP contribution in [0.1, 0.15) is 70.4 Å². The monoisotopic (exact) mass is 573 g/mol. The predicted molar refractivity (Wildman–Crippen MR) is 159 cm³/mol. The minimum absolute atomic E-state index is 0.184. The van der Waals surface area contributed by atoms with Gasteiger partial charge in [-0.05, 0) is 79.9 Å². The molecule has 0 aliphatic carbocycles. The van der Waals surface area contributed by atoms with Crippen LogP contribution in [0.25, 0.3) is 0 Å². The molecule has 1 aliphatic rings. The van der Waals surface area contributed by atoms with Gasteiger partial charge in [-0.1, -0.05) is 39.0 Å². The van der Waals surface area contributed by atoms with Gasteiger partial charge in [-0.15, -0.1) is 0 Å². The van der Waals surface area contributed by atoms with Crippen molar-refractivity contribution < 1.29 is 29.4 Å². The lowest BCUT2D eigenvalue weighted by Crippen LogP contribution is -2.45. The minimum atomic E-state index is -0.758. The average molecular weight is 574 g/mol. The number of hydrogen-bond donors (Lipinski definition) is 6. The van der Waals surface area contributed by atoms with Gasteiger partial charge in [0.1, 0.15) is 11.8 Å². The SMILES string of the molecule is C1CCNC1.CC(C)(C)CCCC(=O)O.NC(=O)C(Cc1cccnc1)NC(=O)CCc1ccc(O)cc1.NC=O. The zero-order chi connectivity index (χ0) is 31.1. The third-order valence-corrected chi connectivity index (χ3v) is 5.69. The van der Waals surface area contributed by atoms with Gasteiger partial charge in [0.05, 0.1) is 0 Å². The van der Waals surface area contributed by atoms with Crippen molar-refractivity contribution in [2.45, 2.75) is 78.2 Å². The van der Waals surface area contributed by atoms with Crippen molar-refractivity contribution in [3.8, 4) is 5.75 Å². The molecule has 1 fully saturated rings. The number of rotatable bonds is 10. The summed E-state index contributed by atoms with van der Waals surface area (Å²) in [6.07, 6.45) is 9.45. The van der Waals surface area contributed by atoms with E-state index < -0.39 is 17.9 Å². The largest absolute Gasteiger partial charge is 0.508 e. The number of hydrogen-bond acceptors (Lipinski definition) is 7. The average Bonchev–Trinajstić information content (AvgIpc) is 3.49. The second kappa shape index (κ2) is 21.8. The molecule has 0 saturated carbocycles. The van der Waals surface area contributed by atoms with Gasteiger partial charge in [-0.3, -0.25) is 24.2 Å². The normalized spacial score (nSPS) is 12.6. The van der Waals surface area contributed by atoms with E-state index >= 15 is 0 Å². The number of phenols is 1. The number of aryl methyl sites for hydroxylation is 1. The first-order valence-electron chi connectivity index (χ1n) is 13.7. The molecule has 1 unspecified atom stereocenters. The van der Waals surface area contributed by atoms with E-state index in [2.05, 4.69) is 42.1 Å². The third-order valence-electron chi connectivity index (χ3n) is 5.69. The lowest BCUT2D eigenvalue weighted by atomic mass is 9.90. The number of nitrogens with one attached hydrogen (secondary N) is 2. The Morgan fingerprint density at radius 2 is 1.68 bits per heavy atom. The zero-order valence-corrected chi connectivity index (χ0v) is 24.5. The number of carboxylic acids is 1. The number of aliphatic carboxylic acids is 1. The highest BCUT2D eigenvalue weighted by Crippen LogP contribution is 2.21. The summed E-state index contributed by atoms with van der Waals surface area (Å²) in [5, 5.41) is 23.4. The van der Waals surface area contributed by atoms with Crippen molar-refractivity contribution in [3.05, 3.63) is 59.9 Å². The fourth-order valence-electron chi connectivity index (χ4n) is 3.56. The van der Waals surface area contributed by atoms with Gasteiger partial charge in [0.2, 0.25) is 18.2 Å². The Hall–Kier alpha value is -3.99. The second-order valence-corrected chi connectivity index (χ2v) is 10.7. The second-order valence-electron chi connectivity index (χ2n) is 10.7. The third kappa shape index (κ3) is 22.5. The van der Waals surface area contributed by atoms with Crippen molar-refractivity contribution >= 4 is 24.2 Å². The van der Waals surface area contributed by atoms with E-state index in [0.29, 0.717) is 19.3 Å². The molecule has 0 radical (unpaired) electrons. The van der Waals surface area contributed by atoms with Crippen LogP contribution in [0.3, 0.4) is 0 Å². The van der Waals surface area contributed by atoms with E-state index in [1.165, 1.54) is 25.9 Å². The number of phenolic OH excluding ortho intramolecular Hbond substituents is 1. The number of amides is 3. The van der Waals surface area contributed by atoms with Crippen LogP contribution in [-0.4, -0.2) is 58.5 Å². The molecule has 3 amide bonds. The van der Waals surface area contributed by atoms with E-state index in [4.69, 9.17) is 15.6 Å². The van der Waals surface area contributed by atoms with E-state index in [0.717, 1.165) is 24.0 Å². The van der Waals surface area contributed by atoms with Crippen LogP contribution in [0.2, 0.25) is 0 Å². The highest BCUT2D eigenvalue weighted by molar-refractivity contribution is 5.86. The number of aromatic nitrogens is 1. The van der Waals surface area contributed by atoms with Crippen molar-refractivity contribution in [1.82, 2.24) is 15.6 Å². The molecule has 41 heavy (non-hydrogen) atoms. The Balaban J connectivity index is 0.000000726. The van der Waals surface area contributed by atoms with Gasteiger partial charge >= 0.3 is 5.97 Å². The lowest BCUT2D eigenvalue weighted by molar-refractivity contribution is -0.137. The number of aromatic hydroxyl groups is 1.